The fraction of sp³-hybridized carbons (Fsp3) is 0.214. The highest BCUT2D eigenvalue weighted by Gasteiger charge is 2.08. The number of hydrogen-bond acceptors (Lipinski definition) is 2. The fourth-order valence-corrected chi connectivity index (χ4v) is 3.18. The van der Waals surface area contributed by atoms with Crippen LogP contribution in [0.15, 0.2) is 34.8 Å². The van der Waals surface area contributed by atoms with Crippen molar-refractivity contribution in [2.45, 2.75) is 19.8 Å². The zero-order valence-corrected chi connectivity index (χ0v) is 12.1. The third kappa shape index (κ3) is 2.59. The lowest BCUT2D eigenvalue weighted by Gasteiger charge is -2.05. The first-order valence-electron chi connectivity index (χ1n) is 5.41. The zero-order chi connectivity index (χ0) is 12.4. The molecule has 0 N–H and O–H groups in total. The second kappa shape index (κ2) is 5.03. The van der Waals surface area contributed by atoms with Crippen LogP contribution < -0.4 is 0 Å². The zero-order valence-electron chi connectivity index (χ0n) is 9.70. The Hall–Kier alpha value is -1.11. The highest BCUT2D eigenvalue weighted by Crippen LogP contribution is 2.34. The molecule has 1 nitrogen and oxygen atoms in total. The Morgan fingerprint density at radius 3 is 2.35 bits per heavy atom. The van der Waals surface area contributed by atoms with E-state index >= 15 is 0 Å². The molecule has 1 heterocycles. The normalized spacial score (nSPS) is 10.5. The maximum atomic E-state index is 8.93. The molecule has 0 spiro atoms. The Balaban J connectivity index is 2.37. The number of halogens is 1. The van der Waals surface area contributed by atoms with Gasteiger partial charge in [0.25, 0.3) is 0 Å². The molecule has 0 unspecified atom stereocenters. The Morgan fingerprint density at radius 1 is 1.24 bits per heavy atom. The third-order valence-electron chi connectivity index (χ3n) is 2.65. The molecule has 0 bridgehead atoms. The van der Waals surface area contributed by atoms with Crippen molar-refractivity contribution in [1.82, 2.24) is 0 Å². The van der Waals surface area contributed by atoms with Crippen molar-refractivity contribution >= 4 is 27.3 Å². The molecular formula is C14H12BrNS. The monoisotopic (exact) mass is 305 g/mol. The van der Waals surface area contributed by atoms with E-state index in [9.17, 15) is 0 Å². The molecule has 0 aliphatic carbocycles. The van der Waals surface area contributed by atoms with Gasteiger partial charge in [0.15, 0.2) is 0 Å². The van der Waals surface area contributed by atoms with Crippen LogP contribution in [0, 0.1) is 11.3 Å². The summed E-state index contributed by atoms with van der Waals surface area (Å²) in [7, 11) is 0. The summed E-state index contributed by atoms with van der Waals surface area (Å²) in [5.74, 6) is 0.550. The summed E-state index contributed by atoms with van der Waals surface area (Å²) < 4.78 is 0.882. The average molecular weight is 306 g/mol. The summed E-state index contributed by atoms with van der Waals surface area (Å²) in [6.07, 6.45) is 0. The maximum absolute atomic E-state index is 8.93. The SMILES string of the molecule is CC(C)c1ccc(-c2cc(Br)c(C#N)s2)cc1. The molecule has 2 aromatic rings. The van der Waals surface area contributed by atoms with E-state index in [0.29, 0.717) is 5.92 Å². The van der Waals surface area contributed by atoms with Gasteiger partial charge >= 0.3 is 0 Å². The lowest BCUT2D eigenvalue weighted by atomic mass is 10.0. The number of rotatable bonds is 2. The van der Waals surface area contributed by atoms with Gasteiger partial charge in [-0.15, -0.1) is 11.3 Å². The van der Waals surface area contributed by atoms with Crippen molar-refractivity contribution < 1.29 is 0 Å². The van der Waals surface area contributed by atoms with Crippen molar-refractivity contribution in [3.63, 3.8) is 0 Å². The molecular weight excluding hydrogens is 294 g/mol. The number of nitriles is 1. The molecule has 17 heavy (non-hydrogen) atoms. The fourth-order valence-electron chi connectivity index (χ4n) is 1.62. The number of benzene rings is 1. The summed E-state index contributed by atoms with van der Waals surface area (Å²) >= 11 is 4.92. The number of thiophene rings is 1. The summed E-state index contributed by atoms with van der Waals surface area (Å²) in [6, 6.07) is 12.7. The van der Waals surface area contributed by atoms with Gasteiger partial charge in [0.05, 0.1) is 0 Å². The van der Waals surface area contributed by atoms with Crippen molar-refractivity contribution in [2.24, 2.45) is 0 Å². The second-order valence-corrected chi connectivity index (χ2v) is 6.08. The van der Waals surface area contributed by atoms with Crippen molar-refractivity contribution in [2.75, 3.05) is 0 Å². The van der Waals surface area contributed by atoms with Crippen LogP contribution in [0.5, 0.6) is 0 Å². The van der Waals surface area contributed by atoms with Crippen molar-refractivity contribution in [3.05, 3.63) is 45.2 Å². The topological polar surface area (TPSA) is 23.8 Å². The molecule has 86 valence electrons. The number of nitrogens with zero attached hydrogens (tertiary/aromatic N) is 1. The summed E-state index contributed by atoms with van der Waals surface area (Å²) in [6.45, 7) is 4.37. The molecule has 0 atom stereocenters. The van der Waals surface area contributed by atoms with Gasteiger partial charge in [-0.2, -0.15) is 5.26 Å². The van der Waals surface area contributed by atoms with Crippen LogP contribution in [-0.4, -0.2) is 0 Å². The van der Waals surface area contributed by atoms with Gasteiger partial charge in [0.2, 0.25) is 0 Å². The van der Waals surface area contributed by atoms with Gasteiger partial charge in [0.1, 0.15) is 10.9 Å². The minimum absolute atomic E-state index is 0.550. The van der Waals surface area contributed by atoms with Crippen LogP contribution in [0.4, 0.5) is 0 Å². The molecule has 2 rings (SSSR count). The smallest absolute Gasteiger partial charge is 0.119 e. The first-order valence-corrected chi connectivity index (χ1v) is 7.02. The van der Waals surface area contributed by atoms with E-state index in [1.54, 1.807) is 0 Å². The third-order valence-corrected chi connectivity index (χ3v) is 4.63. The van der Waals surface area contributed by atoms with Gasteiger partial charge in [-0.05, 0) is 39.0 Å². The quantitative estimate of drug-likeness (QED) is 0.750. The van der Waals surface area contributed by atoms with E-state index in [4.69, 9.17) is 5.26 Å². The first kappa shape index (κ1) is 12.3. The molecule has 1 aromatic carbocycles. The van der Waals surface area contributed by atoms with Crippen LogP contribution in [0.2, 0.25) is 0 Å². The van der Waals surface area contributed by atoms with E-state index < -0.39 is 0 Å². The minimum Gasteiger partial charge on any atom is -0.191 e. The summed E-state index contributed by atoms with van der Waals surface area (Å²) in [5, 5.41) is 8.93. The standard InChI is InChI=1S/C14H12BrNS/c1-9(2)10-3-5-11(6-4-10)13-7-12(15)14(8-16)17-13/h3-7,9H,1-2H3. The predicted octanol–water partition coefficient (Wildman–Crippen LogP) is 5.17. The van der Waals surface area contributed by atoms with Gasteiger partial charge in [-0.3, -0.25) is 0 Å². The second-order valence-electron chi connectivity index (χ2n) is 4.18. The lowest BCUT2D eigenvalue weighted by Crippen LogP contribution is -1.85. The van der Waals surface area contributed by atoms with Crippen LogP contribution in [0.25, 0.3) is 10.4 Å². The molecule has 0 saturated carbocycles. The van der Waals surface area contributed by atoms with Gasteiger partial charge in [0, 0.05) is 9.35 Å². The van der Waals surface area contributed by atoms with E-state index in [1.807, 2.05) is 6.07 Å². The van der Waals surface area contributed by atoms with Crippen molar-refractivity contribution in [3.8, 4) is 16.5 Å². The Bertz CT molecular complexity index is 561. The molecule has 0 saturated heterocycles. The summed E-state index contributed by atoms with van der Waals surface area (Å²) in [4.78, 5) is 1.86. The molecule has 0 aliphatic heterocycles. The van der Waals surface area contributed by atoms with E-state index in [2.05, 4.69) is 60.1 Å². The Kier molecular flexibility index (Phi) is 3.66. The van der Waals surface area contributed by atoms with Gasteiger partial charge in [-0.25, -0.2) is 0 Å². The van der Waals surface area contributed by atoms with E-state index in [-0.39, 0.29) is 0 Å². The van der Waals surface area contributed by atoms with Crippen LogP contribution in [0.3, 0.4) is 0 Å². The lowest BCUT2D eigenvalue weighted by molar-refractivity contribution is 0.867. The largest absolute Gasteiger partial charge is 0.191 e. The van der Waals surface area contributed by atoms with Crippen LogP contribution in [0.1, 0.15) is 30.2 Å². The molecule has 1 aromatic heterocycles. The average Bonchev–Trinajstić information content (AvgIpc) is 2.70. The highest BCUT2D eigenvalue weighted by molar-refractivity contribution is 9.10. The Labute approximate surface area is 114 Å². The minimum atomic E-state index is 0.550. The van der Waals surface area contributed by atoms with Gasteiger partial charge < -0.3 is 0 Å². The molecule has 0 aliphatic rings. The van der Waals surface area contributed by atoms with Crippen LogP contribution >= 0.6 is 27.3 Å². The maximum Gasteiger partial charge on any atom is 0.119 e. The Morgan fingerprint density at radius 2 is 1.88 bits per heavy atom. The predicted molar refractivity (Wildman–Crippen MR) is 76.3 cm³/mol. The molecule has 0 amide bonds. The molecule has 0 radical (unpaired) electrons. The van der Waals surface area contributed by atoms with E-state index in [1.165, 1.54) is 22.5 Å². The highest BCUT2D eigenvalue weighted by atomic mass is 79.9. The van der Waals surface area contributed by atoms with Crippen molar-refractivity contribution in [1.29, 1.82) is 5.26 Å². The van der Waals surface area contributed by atoms with Crippen LogP contribution in [-0.2, 0) is 0 Å². The van der Waals surface area contributed by atoms with Gasteiger partial charge in [-0.1, -0.05) is 38.1 Å². The first-order chi connectivity index (χ1) is 8.11. The van der Waals surface area contributed by atoms with E-state index in [0.717, 1.165) is 14.2 Å². The summed E-state index contributed by atoms with van der Waals surface area (Å²) in [5.41, 5.74) is 2.51. The number of hydrogen-bond donors (Lipinski definition) is 0. The molecule has 3 heteroatoms. The molecule has 0 fully saturated rings.